The number of hydrogen-bond donors (Lipinski definition) is 1. The van der Waals surface area contributed by atoms with Crippen molar-refractivity contribution in [1.29, 1.82) is 0 Å². The van der Waals surface area contributed by atoms with E-state index in [9.17, 15) is 0 Å². The summed E-state index contributed by atoms with van der Waals surface area (Å²) < 4.78 is 0. The van der Waals surface area contributed by atoms with Gasteiger partial charge in [0.05, 0.1) is 0 Å². The Morgan fingerprint density at radius 1 is 1.75 bits per heavy atom. The van der Waals surface area contributed by atoms with Crippen LogP contribution in [0.4, 0.5) is 0 Å². The minimum absolute atomic E-state index is 0.523. The van der Waals surface area contributed by atoms with Gasteiger partial charge in [-0.2, -0.15) is 0 Å². The van der Waals surface area contributed by atoms with Gasteiger partial charge in [0.2, 0.25) is 0 Å². The van der Waals surface area contributed by atoms with Crippen LogP contribution >= 0.6 is 0 Å². The summed E-state index contributed by atoms with van der Waals surface area (Å²) in [5.74, 6) is 1.52. The van der Waals surface area contributed by atoms with E-state index < -0.39 is 0 Å². The van der Waals surface area contributed by atoms with Crippen LogP contribution in [0.3, 0.4) is 0 Å². The maximum atomic E-state index is 5.59. The van der Waals surface area contributed by atoms with Crippen molar-refractivity contribution in [3.8, 4) is 0 Å². The normalized spacial score (nSPS) is 20.7. The summed E-state index contributed by atoms with van der Waals surface area (Å²) in [4.78, 5) is 6.36. The number of nitrogens with zero attached hydrogens (tertiary/aromatic N) is 2. The molecule has 68 valence electrons. The molecule has 3 heteroatoms. The third kappa shape index (κ3) is 1.78. The quantitative estimate of drug-likeness (QED) is 0.674. The lowest BCUT2D eigenvalue weighted by Crippen LogP contribution is -2.37. The minimum atomic E-state index is 0.523. The van der Waals surface area contributed by atoms with Crippen molar-refractivity contribution in [2.24, 2.45) is 10.7 Å². The average molecular weight is 167 g/mol. The maximum Gasteiger partial charge on any atom is 0.123 e. The van der Waals surface area contributed by atoms with Gasteiger partial charge in [-0.1, -0.05) is 13.5 Å². The topological polar surface area (TPSA) is 41.6 Å². The van der Waals surface area contributed by atoms with Crippen LogP contribution in [0.15, 0.2) is 17.4 Å². The van der Waals surface area contributed by atoms with Gasteiger partial charge in [-0.15, -0.1) is 0 Å². The summed E-state index contributed by atoms with van der Waals surface area (Å²) in [5.41, 5.74) is 5.59. The van der Waals surface area contributed by atoms with Crippen LogP contribution in [-0.4, -0.2) is 23.3 Å². The first-order chi connectivity index (χ1) is 5.65. The van der Waals surface area contributed by atoms with Gasteiger partial charge in [0.1, 0.15) is 11.7 Å². The lowest BCUT2D eigenvalue weighted by atomic mass is 10.2. The van der Waals surface area contributed by atoms with Crippen LogP contribution in [0.25, 0.3) is 0 Å². The first-order valence-corrected chi connectivity index (χ1v) is 4.43. The van der Waals surface area contributed by atoms with Gasteiger partial charge in [0.15, 0.2) is 0 Å². The van der Waals surface area contributed by atoms with Crippen LogP contribution in [0.1, 0.15) is 26.7 Å². The van der Waals surface area contributed by atoms with Crippen LogP contribution < -0.4 is 5.73 Å². The Morgan fingerprint density at radius 3 is 2.92 bits per heavy atom. The molecule has 0 saturated heterocycles. The third-order valence-corrected chi connectivity index (χ3v) is 2.34. The molecule has 2 N–H and O–H groups in total. The Kier molecular flexibility index (Phi) is 2.74. The van der Waals surface area contributed by atoms with Crippen LogP contribution in [-0.2, 0) is 0 Å². The molecule has 0 aromatic rings. The molecule has 0 radical (unpaired) electrons. The monoisotopic (exact) mass is 167 g/mol. The van der Waals surface area contributed by atoms with Gasteiger partial charge in [-0.3, -0.25) is 0 Å². The molecule has 1 aliphatic rings. The number of aliphatic imine (C=N–C) groups is 1. The Hall–Kier alpha value is -0.990. The van der Waals surface area contributed by atoms with Gasteiger partial charge < -0.3 is 10.6 Å². The number of nitrogens with two attached hydrogens (primary N) is 1. The Morgan fingerprint density at radius 2 is 2.42 bits per heavy atom. The molecule has 0 spiro atoms. The standard InChI is InChI=1S/C9H17N3/c1-4-7(2)12-6-5-9(10)11-8(12)3/h7H,3-6H2,1-2H3,(H2,10,11). The highest BCUT2D eigenvalue weighted by Crippen LogP contribution is 2.16. The highest BCUT2D eigenvalue weighted by atomic mass is 15.3. The fraction of sp³-hybridized carbons (Fsp3) is 0.667. The summed E-state index contributed by atoms with van der Waals surface area (Å²) in [5, 5.41) is 0. The molecule has 0 amide bonds. The van der Waals surface area contributed by atoms with E-state index in [1.807, 2.05) is 0 Å². The molecule has 1 unspecified atom stereocenters. The second-order valence-electron chi connectivity index (χ2n) is 3.22. The van der Waals surface area contributed by atoms with Gasteiger partial charge in [0, 0.05) is 19.0 Å². The fourth-order valence-corrected chi connectivity index (χ4v) is 1.35. The molecule has 0 saturated carbocycles. The fourth-order valence-electron chi connectivity index (χ4n) is 1.35. The molecule has 3 nitrogen and oxygen atoms in total. The molecule has 1 aliphatic heterocycles. The van der Waals surface area contributed by atoms with E-state index in [1.54, 1.807) is 0 Å². The first kappa shape index (κ1) is 9.10. The van der Waals surface area contributed by atoms with E-state index in [2.05, 4.69) is 30.3 Å². The molecule has 1 atom stereocenters. The predicted molar refractivity (Wildman–Crippen MR) is 51.8 cm³/mol. The predicted octanol–water partition coefficient (Wildman–Crippen LogP) is 1.32. The Balaban J connectivity index is 2.65. The van der Waals surface area contributed by atoms with Crippen LogP contribution in [0.2, 0.25) is 0 Å². The molecule has 0 aliphatic carbocycles. The molecule has 0 bridgehead atoms. The summed E-state index contributed by atoms with van der Waals surface area (Å²) >= 11 is 0. The summed E-state index contributed by atoms with van der Waals surface area (Å²) in [6, 6.07) is 0.523. The minimum Gasteiger partial charge on any atom is -0.387 e. The van der Waals surface area contributed by atoms with Crippen molar-refractivity contribution < 1.29 is 0 Å². The lowest BCUT2D eigenvalue weighted by molar-refractivity contribution is 0.260. The van der Waals surface area contributed by atoms with Crippen molar-refractivity contribution >= 4 is 5.84 Å². The van der Waals surface area contributed by atoms with E-state index in [0.717, 1.165) is 25.2 Å². The Labute approximate surface area is 74.0 Å². The zero-order valence-electron chi connectivity index (χ0n) is 7.88. The smallest absolute Gasteiger partial charge is 0.123 e. The molecular weight excluding hydrogens is 150 g/mol. The summed E-state index contributed by atoms with van der Waals surface area (Å²) in [6.07, 6.45) is 1.98. The second kappa shape index (κ2) is 3.61. The van der Waals surface area contributed by atoms with Crippen LogP contribution in [0, 0.1) is 0 Å². The number of amidine groups is 1. The molecule has 0 aromatic heterocycles. The van der Waals surface area contributed by atoms with Gasteiger partial charge in [-0.25, -0.2) is 4.99 Å². The zero-order valence-corrected chi connectivity index (χ0v) is 7.88. The highest BCUT2D eigenvalue weighted by Gasteiger charge is 2.17. The molecule has 12 heavy (non-hydrogen) atoms. The summed E-state index contributed by atoms with van der Waals surface area (Å²) in [6.45, 7) is 9.18. The van der Waals surface area contributed by atoms with Crippen molar-refractivity contribution in [2.45, 2.75) is 32.7 Å². The van der Waals surface area contributed by atoms with E-state index in [4.69, 9.17) is 5.73 Å². The summed E-state index contributed by atoms with van der Waals surface area (Å²) in [7, 11) is 0. The first-order valence-electron chi connectivity index (χ1n) is 4.43. The van der Waals surface area contributed by atoms with Crippen molar-refractivity contribution in [3.05, 3.63) is 12.4 Å². The highest BCUT2D eigenvalue weighted by molar-refractivity contribution is 5.82. The van der Waals surface area contributed by atoms with Crippen molar-refractivity contribution in [3.63, 3.8) is 0 Å². The molecule has 1 rings (SSSR count). The third-order valence-electron chi connectivity index (χ3n) is 2.34. The molecule has 0 fully saturated rings. The molecular formula is C9H17N3. The lowest BCUT2D eigenvalue weighted by Gasteiger charge is -2.32. The van der Waals surface area contributed by atoms with Gasteiger partial charge in [0.25, 0.3) is 0 Å². The van der Waals surface area contributed by atoms with E-state index in [1.165, 1.54) is 0 Å². The number of hydrogen-bond acceptors (Lipinski definition) is 3. The van der Waals surface area contributed by atoms with Gasteiger partial charge >= 0.3 is 0 Å². The zero-order chi connectivity index (χ0) is 9.14. The molecule has 0 aromatic carbocycles. The Bertz CT molecular complexity index is 208. The van der Waals surface area contributed by atoms with E-state index >= 15 is 0 Å². The van der Waals surface area contributed by atoms with Crippen molar-refractivity contribution in [1.82, 2.24) is 4.90 Å². The average Bonchev–Trinajstić information content (AvgIpc) is 2.03. The van der Waals surface area contributed by atoms with E-state index in [-0.39, 0.29) is 0 Å². The van der Waals surface area contributed by atoms with Gasteiger partial charge in [-0.05, 0) is 13.3 Å². The SMILES string of the molecule is C=C1N=C(N)CCN1C(C)CC. The largest absolute Gasteiger partial charge is 0.387 e. The van der Waals surface area contributed by atoms with Crippen molar-refractivity contribution in [2.75, 3.05) is 6.54 Å². The van der Waals surface area contributed by atoms with Crippen LogP contribution in [0.5, 0.6) is 0 Å². The van der Waals surface area contributed by atoms with E-state index in [0.29, 0.717) is 11.9 Å². The number of rotatable bonds is 2. The molecule has 1 heterocycles. The maximum absolute atomic E-state index is 5.59. The second-order valence-corrected chi connectivity index (χ2v) is 3.22.